The molecule has 0 heterocycles. The molecule has 1 unspecified atom stereocenters. The number of hydrogen-bond acceptors (Lipinski definition) is 3. The number of rotatable bonds is 6. The van der Waals surface area contributed by atoms with Gasteiger partial charge in [0.1, 0.15) is 5.75 Å². The molecule has 1 saturated carbocycles. The minimum atomic E-state index is -0.465. The van der Waals surface area contributed by atoms with Gasteiger partial charge in [-0.2, -0.15) is 0 Å². The Morgan fingerprint density at radius 1 is 1.47 bits per heavy atom. The van der Waals surface area contributed by atoms with Crippen molar-refractivity contribution in [2.75, 3.05) is 20.2 Å². The standard InChI is InChI=1S/C14H21NO2/c1-14(6-7-14)10-15-9-13(16)11-4-3-5-12(8-11)17-2/h3-5,8,13,15-16H,6-7,9-10H2,1-2H3. The lowest BCUT2D eigenvalue weighted by Gasteiger charge is -2.15. The van der Waals surface area contributed by atoms with Gasteiger partial charge in [0.15, 0.2) is 0 Å². The largest absolute Gasteiger partial charge is 0.497 e. The van der Waals surface area contributed by atoms with Gasteiger partial charge >= 0.3 is 0 Å². The fraction of sp³-hybridized carbons (Fsp3) is 0.571. The topological polar surface area (TPSA) is 41.5 Å². The molecular formula is C14H21NO2. The quantitative estimate of drug-likeness (QED) is 0.793. The summed E-state index contributed by atoms with van der Waals surface area (Å²) >= 11 is 0. The van der Waals surface area contributed by atoms with Crippen LogP contribution < -0.4 is 10.1 Å². The average Bonchev–Trinajstić information content (AvgIpc) is 3.07. The first-order chi connectivity index (χ1) is 8.13. The van der Waals surface area contributed by atoms with Gasteiger partial charge in [-0.1, -0.05) is 19.1 Å². The second-order valence-corrected chi connectivity index (χ2v) is 5.23. The van der Waals surface area contributed by atoms with Crippen LogP contribution in [0.5, 0.6) is 5.75 Å². The van der Waals surface area contributed by atoms with E-state index in [1.54, 1.807) is 7.11 Å². The van der Waals surface area contributed by atoms with Crippen LogP contribution in [-0.4, -0.2) is 25.3 Å². The number of aliphatic hydroxyl groups is 1. The van der Waals surface area contributed by atoms with Crippen LogP contribution in [0.2, 0.25) is 0 Å². The van der Waals surface area contributed by atoms with Gasteiger partial charge < -0.3 is 15.2 Å². The van der Waals surface area contributed by atoms with Gasteiger partial charge in [0.05, 0.1) is 13.2 Å². The first-order valence-corrected chi connectivity index (χ1v) is 6.16. The van der Waals surface area contributed by atoms with Crippen molar-refractivity contribution in [1.82, 2.24) is 5.32 Å². The zero-order valence-corrected chi connectivity index (χ0v) is 10.6. The third-order valence-electron chi connectivity index (χ3n) is 3.47. The third-order valence-corrected chi connectivity index (χ3v) is 3.47. The van der Waals surface area contributed by atoms with E-state index in [0.717, 1.165) is 17.9 Å². The van der Waals surface area contributed by atoms with E-state index in [1.165, 1.54) is 12.8 Å². The number of methoxy groups -OCH3 is 1. The number of benzene rings is 1. The molecule has 0 aromatic heterocycles. The van der Waals surface area contributed by atoms with Gasteiger partial charge in [-0.05, 0) is 36.0 Å². The highest BCUT2D eigenvalue weighted by molar-refractivity contribution is 5.29. The van der Waals surface area contributed by atoms with Gasteiger partial charge in [0.2, 0.25) is 0 Å². The fourth-order valence-corrected chi connectivity index (χ4v) is 1.87. The van der Waals surface area contributed by atoms with Crippen LogP contribution in [0.3, 0.4) is 0 Å². The van der Waals surface area contributed by atoms with E-state index >= 15 is 0 Å². The van der Waals surface area contributed by atoms with Crippen molar-refractivity contribution in [1.29, 1.82) is 0 Å². The summed E-state index contributed by atoms with van der Waals surface area (Å²) in [7, 11) is 1.64. The third kappa shape index (κ3) is 3.45. The average molecular weight is 235 g/mol. The van der Waals surface area contributed by atoms with Crippen LogP contribution in [0.1, 0.15) is 31.4 Å². The van der Waals surface area contributed by atoms with Gasteiger partial charge in [0, 0.05) is 13.1 Å². The van der Waals surface area contributed by atoms with Crippen LogP contribution in [0.25, 0.3) is 0 Å². The zero-order valence-electron chi connectivity index (χ0n) is 10.6. The maximum Gasteiger partial charge on any atom is 0.119 e. The highest BCUT2D eigenvalue weighted by Crippen LogP contribution is 2.44. The summed E-state index contributed by atoms with van der Waals surface area (Å²) in [6.07, 6.45) is 2.14. The molecule has 0 spiro atoms. The predicted octanol–water partition coefficient (Wildman–Crippen LogP) is 2.12. The number of ether oxygens (including phenoxy) is 1. The summed E-state index contributed by atoms with van der Waals surface area (Å²) in [6.45, 7) is 3.87. The summed E-state index contributed by atoms with van der Waals surface area (Å²) in [5.74, 6) is 0.788. The van der Waals surface area contributed by atoms with Crippen molar-refractivity contribution in [2.45, 2.75) is 25.9 Å². The van der Waals surface area contributed by atoms with E-state index in [-0.39, 0.29) is 0 Å². The van der Waals surface area contributed by atoms with Gasteiger partial charge in [-0.15, -0.1) is 0 Å². The number of nitrogens with one attached hydrogen (secondary N) is 1. The maximum atomic E-state index is 10.0. The molecule has 1 aromatic rings. The lowest BCUT2D eigenvalue weighted by atomic mass is 10.1. The van der Waals surface area contributed by atoms with Gasteiger partial charge in [-0.3, -0.25) is 0 Å². The molecule has 0 saturated heterocycles. The molecule has 2 N–H and O–H groups in total. The Morgan fingerprint density at radius 2 is 2.24 bits per heavy atom. The van der Waals surface area contributed by atoms with Crippen molar-refractivity contribution in [3.8, 4) is 5.75 Å². The summed E-state index contributed by atoms with van der Waals surface area (Å²) < 4.78 is 5.14. The minimum Gasteiger partial charge on any atom is -0.497 e. The summed E-state index contributed by atoms with van der Waals surface area (Å²) in [5.41, 5.74) is 1.38. The highest BCUT2D eigenvalue weighted by atomic mass is 16.5. The first-order valence-electron chi connectivity index (χ1n) is 6.16. The summed E-state index contributed by atoms with van der Waals surface area (Å²) in [4.78, 5) is 0. The van der Waals surface area contributed by atoms with Crippen LogP contribution >= 0.6 is 0 Å². The molecule has 17 heavy (non-hydrogen) atoms. The summed E-state index contributed by atoms with van der Waals surface area (Å²) in [6, 6.07) is 7.59. The lowest BCUT2D eigenvalue weighted by Crippen LogP contribution is -2.27. The second kappa shape index (κ2) is 5.07. The minimum absolute atomic E-state index is 0.465. The Morgan fingerprint density at radius 3 is 2.88 bits per heavy atom. The Labute approximate surface area is 103 Å². The summed E-state index contributed by atoms with van der Waals surface area (Å²) in [5, 5.41) is 13.4. The van der Waals surface area contributed by atoms with Crippen molar-refractivity contribution in [3.63, 3.8) is 0 Å². The van der Waals surface area contributed by atoms with Crippen molar-refractivity contribution < 1.29 is 9.84 Å². The molecule has 3 heteroatoms. The Bertz CT molecular complexity index is 374. The van der Waals surface area contributed by atoms with Crippen LogP contribution in [0.15, 0.2) is 24.3 Å². The number of aliphatic hydroxyl groups excluding tert-OH is 1. The first kappa shape index (κ1) is 12.4. The van der Waals surface area contributed by atoms with E-state index in [2.05, 4.69) is 12.2 Å². The predicted molar refractivity (Wildman–Crippen MR) is 68.2 cm³/mol. The Kier molecular flexibility index (Phi) is 3.69. The van der Waals surface area contributed by atoms with Gasteiger partial charge in [-0.25, -0.2) is 0 Å². The molecule has 1 fully saturated rings. The molecule has 0 bridgehead atoms. The normalized spacial score (nSPS) is 18.8. The van der Waals surface area contributed by atoms with Crippen molar-refractivity contribution in [3.05, 3.63) is 29.8 Å². The fourth-order valence-electron chi connectivity index (χ4n) is 1.87. The molecule has 0 radical (unpaired) electrons. The van der Waals surface area contributed by atoms with E-state index < -0.39 is 6.10 Å². The highest BCUT2D eigenvalue weighted by Gasteiger charge is 2.36. The molecule has 1 atom stereocenters. The molecule has 3 nitrogen and oxygen atoms in total. The van der Waals surface area contributed by atoms with Crippen LogP contribution in [0.4, 0.5) is 0 Å². The number of hydrogen-bond donors (Lipinski definition) is 2. The second-order valence-electron chi connectivity index (χ2n) is 5.23. The van der Waals surface area contributed by atoms with Crippen LogP contribution in [0, 0.1) is 5.41 Å². The smallest absolute Gasteiger partial charge is 0.119 e. The van der Waals surface area contributed by atoms with E-state index in [4.69, 9.17) is 4.74 Å². The molecule has 94 valence electrons. The van der Waals surface area contributed by atoms with Crippen LogP contribution in [-0.2, 0) is 0 Å². The molecule has 0 amide bonds. The Hall–Kier alpha value is -1.06. The van der Waals surface area contributed by atoms with Gasteiger partial charge in [0.25, 0.3) is 0 Å². The van der Waals surface area contributed by atoms with E-state index in [1.807, 2.05) is 24.3 Å². The van der Waals surface area contributed by atoms with E-state index in [9.17, 15) is 5.11 Å². The SMILES string of the molecule is COc1cccc(C(O)CNCC2(C)CC2)c1. The molecule has 0 aliphatic heterocycles. The molecular weight excluding hydrogens is 214 g/mol. The van der Waals surface area contributed by atoms with E-state index in [0.29, 0.717) is 12.0 Å². The van der Waals surface area contributed by atoms with Crippen molar-refractivity contribution in [2.24, 2.45) is 5.41 Å². The Balaban J connectivity index is 1.83. The molecule has 2 rings (SSSR count). The van der Waals surface area contributed by atoms with Crippen molar-refractivity contribution >= 4 is 0 Å². The maximum absolute atomic E-state index is 10.0. The molecule has 1 aromatic carbocycles. The lowest BCUT2D eigenvalue weighted by molar-refractivity contribution is 0.172. The molecule has 1 aliphatic carbocycles. The zero-order chi connectivity index (χ0) is 12.3. The molecule has 1 aliphatic rings. The monoisotopic (exact) mass is 235 g/mol.